The molecule has 0 atom stereocenters. The molecule has 164 valence electrons. The second kappa shape index (κ2) is 10.3. The number of benzene rings is 1. The minimum atomic E-state index is -4.62. The highest BCUT2D eigenvalue weighted by Crippen LogP contribution is 2.45. The van der Waals surface area contributed by atoms with Gasteiger partial charge in [0.05, 0.1) is 5.56 Å². The van der Waals surface area contributed by atoms with Gasteiger partial charge in [0.25, 0.3) is 0 Å². The molecule has 0 radical (unpaired) electrons. The first-order valence-corrected chi connectivity index (χ1v) is 11.7. The smallest absolute Gasteiger partial charge is 0.206 e. The third-order valence-corrected chi connectivity index (χ3v) is 7.57. The Morgan fingerprint density at radius 1 is 0.828 bits per heavy atom. The normalized spacial score (nSPS) is 28.4. The molecule has 4 heteroatoms. The van der Waals surface area contributed by atoms with Gasteiger partial charge >= 0.3 is 6.18 Å². The second-order valence-corrected chi connectivity index (χ2v) is 9.48. The van der Waals surface area contributed by atoms with Gasteiger partial charge in [0.15, 0.2) is 0 Å². The van der Waals surface area contributed by atoms with Crippen LogP contribution in [0.25, 0.3) is 0 Å². The first-order chi connectivity index (χ1) is 13.9. The van der Waals surface area contributed by atoms with Crippen LogP contribution in [0.15, 0.2) is 18.2 Å². The van der Waals surface area contributed by atoms with Gasteiger partial charge in [0.1, 0.15) is 5.82 Å². The Morgan fingerprint density at radius 3 is 2.00 bits per heavy atom. The molecule has 0 amide bonds. The average Bonchev–Trinajstić information content (AvgIpc) is 2.71. The van der Waals surface area contributed by atoms with Crippen molar-refractivity contribution in [2.75, 3.05) is 0 Å². The fourth-order valence-corrected chi connectivity index (χ4v) is 5.75. The zero-order chi connectivity index (χ0) is 20.9. The first kappa shape index (κ1) is 22.6. The van der Waals surface area contributed by atoms with E-state index >= 15 is 0 Å². The van der Waals surface area contributed by atoms with E-state index in [0.717, 1.165) is 61.1 Å². The summed E-state index contributed by atoms with van der Waals surface area (Å²) in [6.45, 7) is 2.26. The molecule has 0 nitrogen and oxygen atoms in total. The van der Waals surface area contributed by atoms with Crippen molar-refractivity contribution < 1.29 is 17.6 Å². The zero-order valence-electron chi connectivity index (χ0n) is 17.7. The summed E-state index contributed by atoms with van der Waals surface area (Å²) in [4.78, 5) is 0. The SMILES string of the molecule is CCCCCCC1CCC(C2CCC(c3ccc(C(F)(F)F)c(F)c3)CC2)CC1. The maximum atomic E-state index is 13.9. The molecule has 0 saturated heterocycles. The monoisotopic (exact) mass is 412 g/mol. The Bertz CT molecular complexity index is 620. The molecule has 2 aliphatic carbocycles. The van der Waals surface area contributed by atoms with Crippen molar-refractivity contribution in [2.24, 2.45) is 17.8 Å². The Labute approximate surface area is 173 Å². The summed E-state index contributed by atoms with van der Waals surface area (Å²) in [6.07, 6.45) is 11.9. The summed E-state index contributed by atoms with van der Waals surface area (Å²) in [6, 6.07) is 3.52. The van der Waals surface area contributed by atoms with Crippen molar-refractivity contribution in [1.82, 2.24) is 0 Å². The lowest BCUT2D eigenvalue weighted by molar-refractivity contribution is -0.140. The summed E-state index contributed by atoms with van der Waals surface area (Å²) in [7, 11) is 0. The van der Waals surface area contributed by atoms with E-state index < -0.39 is 17.6 Å². The molecule has 0 unspecified atom stereocenters. The average molecular weight is 413 g/mol. The van der Waals surface area contributed by atoms with E-state index in [-0.39, 0.29) is 5.92 Å². The topological polar surface area (TPSA) is 0 Å². The molecule has 0 heterocycles. The zero-order valence-corrected chi connectivity index (χ0v) is 17.7. The van der Waals surface area contributed by atoms with Crippen LogP contribution in [0.5, 0.6) is 0 Å². The number of hydrogen-bond donors (Lipinski definition) is 0. The third kappa shape index (κ3) is 6.21. The van der Waals surface area contributed by atoms with Crippen molar-refractivity contribution in [3.63, 3.8) is 0 Å². The fraction of sp³-hybridized carbons (Fsp3) is 0.760. The Kier molecular flexibility index (Phi) is 8.04. The van der Waals surface area contributed by atoms with E-state index in [4.69, 9.17) is 0 Å². The van der Waals surface area contributed by atoms with Crippen molar-refractivity contribution in [3.8, 4) is 0 Å². The van der Waals surface area contributed by atoms with Crippen LogP contribution in [0.4, 0.5) is 17.6 Å². The molecule has 2 saturated carbocycles. The van der Waals surface area contributed by atoms with E-state index in [0.29, 0.717) is 0 Å². The Balaban J connectivity index is 1.44. The predicted octanol–water partition coefficient (Wildman–Crippen LogP) is 8.90. The molecule has 1 aromatic carbocycles. The van der Waals surface area contributed by atoms with Gasteiger partial charge < -0.3 is 0 Å². The number of hydrogen-bond acceptors (Lipinski definition) is 0. The van der Waals surface area contributed by atoms with E-state index in [9.17, 15) is 17.6 Å². The van der Waals surface area contributed by atoms with Crippen molar-refractivity contribution >= 4 is 0 Å². The van der Waals surface area contributed by atoms with Crippen LogP contribution >= 0.6 is 0 Å². The molecular formula is C25H36F4. The Hall–Kier alpha value is -1.06. The highest BCUT2D eigenvalue weighted by atomic mass is 19.4. The lowest BCUT2D eigenvalue weighted by Gasteiger charge is -2.38. The van der Waals surface area contributed by atoms with Gasteiger partial charge in [-0.3, -0.25) is 0 Å². The molecule has 0 N–H and O–H groups in total. The molecule has 0 bridgehead atoms. The maximum absolute atomic E-state index is 13.9. The van der Waals surface area contributed by atoms with Gasteiger partial charge in [-0.1, -0.05) is 57.9 Å². The van der Waals surface area contributed by atoms with E-state index in [2.05, 4.69) is 6.92 Å². The molecule has 29 heavy (non-hydrogen) atoms. The molecule has 1 aromatic rings. The summed E-state index contributed by atoms with van der Waals surface area (Å²) < 4.78 is 52.2. The molecule has 3 rings (SSSR count). The van der Waals surface area contributed by atoms with Gasteiger partial charge in [-0.05, 0) is 79.9 Å². The van der Waals surface area contributed by atoms with Gasteiger partial charge in [-0.15, -0.1) is 0 Å². The predicted molar refractivity (Wildman–Crippen MR) is 110 cm³/mol. The van der Waals surface area contributed by atoms with Crippen LogP contribution in [0.3, 0.4) is 0 Å². The summed E-state index contributed by atoms with van der Waals surface area (Å²) in [5.41, 5.74) is -0.411. The summed E-state index contributed by atoms with van der Waals surface area (Å²) >= 11 is 0. The van der Waals surface area contributed by atoms with Gasteiger partial charge in [-0.25, -0.2) is 4.39 Å². The second-order valence-electron chi connectivity index (χ2n) is 9.48. The van der Waals surface area contributed by atoms with Crippen LogP contribution in [0.2, 0.25) is 0 Å². The molecule has 2 fully saturated rings. The summed E-state index contributed by atoms with van der Waals surface area (Å²) in [5.74, 6) is 1.58. The quantitative estimate of drug-likeness (QED) is 0.310. The van der Waals surface area contributed by atoms with Gasteiger partial charge in [0.2, 0.25) is 0 Å². The number of unbranched alkanes of at least 4 members (excludes halogenated alkanes) is 3. The third-order valence-electron chi connectivity index (χ3n) is 7.57. The van der Waals surface area contributed by atoms with Crippen LogP contribution in [0, 0.1) is 23.6 Å². The van der Waals surface area contributed by atoms with Crippen molar-refractivity contribution in [2.45, 2.75) is 102 Å². The molecule has 2 aliphatic rings. The molecule has 0 aliphatic heterocycles. The minimum Gasteiger partial charge on any atom is -0.206 e. The Morgan fingerprint density at radius 2 is 1.45 bits per heavy atom. The lowest BCUT2D eigenvalue weighted by atomic mass is 9.68. The standard InChI is InChI=1S/C25H36F4/c1-2-3-4-5-6-18-7-9-19(10-8-18)20-11-13-21(14-12-20)22-15-16-23(24(26)17-22)25(27,28)29/h15-21H,2-14H2,1H3. The number of rotatable bonds is 7. The highest BCUT2D eigenvalue weighted by Gasteiger charge is 2.35. The van der Waals surface area contributed by atoms with Crippen molar-refractivity contribution in [1.29, 1.82) is 0 Å². The number of alkyl halides is 3. The van der Waals surface area contributed by atoms with E-state index in [1.807, 2.05) is 0 Å². The molecule has 0 aromatic heterocycles. The van der Waals surface area contributed by atoms with Gasteiger partial charge in [-0.2, -0.15) is 13.2 Å². The maximum Gasteiger partial charge on any atom is 0.419 e. The van der Waals surface area contributed by atoms with Crippen LogP contribution < -0.4 is 0 Å². The number of halogens is 4. The van der Waals surface area contributed by atoms with Gasteiger partial charge in [0, 0.05) is 0 Å². The lowest BCUT2D eigenvalue weighted by Crippen LogP contribution is -2.25. The van der Waals surface area contributed by atoms with Crippen LogP contribution in [-0.4, -0.2) is 0 Å². The largest absolute Gasteiger partial charge is 0.419 e. The molecule has 0 spiro atoms. The van der Waals surface area contributed by atoms with Crippen LogP contribution in [-0.2, 0) is 6.18 Å². The van der Waals surface area contributed by atoms with E-state index in [1.54, 1.807) is 0 Å². The van der Waals surface area contributed by atoms with E-state index in [1.165, 1.54) is 63.9 Å². The first-order valence-electron chi connectivity index (χ1n) is 11.7. The highest BCUT2D eigenvalue weighted by molar-refractivity contribution is 5.29. The van der Waals surface area contributed by atoms with Crippen molar-refractivity contribution in [3.05, 3.63) is 35.1 Å². The van der Waals surface area contributed by atoms with Crippen LogP contribution in [0.1, 0.15) is 107 Å². The molecular weight excluding hydrogens is 376 g/mol. The minimum absolute atomic E-state index is 0.206. The summed E-state index contributed by atoms with van der Waals surface area (Å²) in [5, 5.41) is 0. The fourth-order valence-electron chi connectivity index (χ4n) is 5.75.